The van der Waals surface area contributed by atoms with Gasteiger partial charge in [0.1, 0.15) is 0 Å². The van der Waals surface area contributed by atoms with Crippen molar-refractivity contribution in [2.75, 3.05) is 0 Å². The number of fused-ring (bicyclic) bond motifs is 14. The third kappa shape index (κ3) is 15.0. The van der Waals surface area contributed by atoms with Gasteiger partial charge in [-0.1, -0.05) is 192 Å². The Morgan fingerprint density at radius 3 is 1.86 bits per heavy atom. The predicted molar refractivity (Wildman–Crippen MR) is 274 cm³/mol. The second-order valence-electron chi connectivity index (χ2n) is 12.1. The van der Waals surface area contributed by atoms with E-state index >= 15 is 0 Å². The Kier molecular flexibility index (Phi) is 27.5. The minimum Gasteiger partial charge on any atom is -0.482 e. The molecule has 2 aliphatic carbocycles. The number of rotatable bonds is 3. The number of allylic oxidation sites excluding steroid dienone is 14. The normalized spacial score (nSPS) is 13.3. The van der Waals surface area contributed by atoms with Gasteiger partial charge in [0, 0.05) is 34.2 Å². The Morgan fingerprint density at radius 2 is 1.24 bits per heavy atom. The van der Waals surface area contributed by atoms with Crippen LogP contribution in [-0.4, -0.2) is 29.9 Å². The van der Waals surface area contributed by atoms with Crippen molar-refractivity contribution in [2.45, 2.75) is 109 Å². The van der Waals surface area contributed by atoms with Crippen LogP contribution in [-0.2, 0) is 17.1 Å². The second kappa shape index (κ2) is 31.2. The van der Waals surface area contributed by atoms with Crippen molar-refractivity contribution in [3.63, 3.8) is 0 Å². The molecule has 0 saturated carbocycles. The predicted octanol–water partition coefficient (Wildman–Crippen LogP) is 15.9. The zero-order valence-electron chi connectivity index (χ0n) is 39.3. The maximum absolute atomic E-state index is 8.99. The van der Waals surface area contributed by atoms with Crippen molar-refractivity contribution in [2.24, 2.45) is 0 Å². The molecule has 8 nitrogen and oxygen atoms in total. The van der Waals surface area contributed by atoms with Crippen molar-refractivity contribution in [3.05, 3.63) is 161 Å². The summed E-state index contributed by atoms with van der Waals surface area (Å²) in [6.07, 6.45) is 27.5. The molecule has 1 N–H and O–H groups in total. The first-order valence-electron chi connectivity index (χ1n) is 22.3. The van der Waals surface area contributed by atoms with Gasteiger partial charge < -0.3 is 25.7 Å². The number of nitrogens with zero attached hydrogens (tertiary/aromatic N) is 7. The molecule has 10 heteroatoms. The summed E-state index contributed by atoms with van der Waals surface area (Å²) in [5, 5.41) is 3.11. The quantitative estimate of drug-likeness (QED) is 0.0942. The maximum atomic E-state index is 8.99. The van der Waals surface area contributed by atoms with Gasteiger partial charge in [0.15, 0.2) is 5.82 Å². The van der Waals surface area contributed by atoms with Crippen LogP contribution in [0.3, 0.4) is 0 Å². The largest absolute Gasteiger partial charge is 2.00 e. The Bertz CT molecular complexity index is 2560. The minimum atomic E-state index is 0. The molecule has 0 amide bonds. The summed E-state index contributed by atoms with van der Waals surface area (Å²) in [5.41, 5.74) is 16.7. The summed E-state index contributed by atoms with van der Waals surface area (Å²) < 4.78 is 0. The summed E-state index contributed by atoms with van der Waals surface area (Å²) in [4.78, 5) is 35.1. The van der Waals surface area contributed by atoms with Gasteiger partial charge in [0.25, 0.3) is 0 Å². The number of nitrogens with one attached hydrogen (secondary N) is 1. The Balaban J connectivity index is 0.000000860. The molecule has 4 aromatic rings. The molecule has 0 fully saturated rings. The summed E-state index contributed by atoms with van der Waals surface area (Å²) in [6.45, 7) is 24.2. The van der Waals surface area contributed by atoms with Gasteiger partial charge in [-0.15, -0.1) is 18.4 Å². The van der Waals surface area contributed by atoms with Crippen molar-refractivity contribution in [1.29, 1.82) is 0 Å². The van der Waals surface area contributed by atoms with E-state index in [1.165, 1.54) is 0 Å². The summed E-state index contributed by atoms with van der Waals surface area (Å²) in [7, 11) is 0. The van der Waals surface area contributed by atoms with Crippen LogP contribution in [0.15, 0.2) is 132 Å². The Hall–Kier alpha value is -5.63. The van der Waals surface area contributed by atoms with E-state index in [0.29, 0.717) is 46.4 Å². The van der Waals surface area contributed by atoms with Gasteiger partial charge >= 0.3 is 17.1 Å². The van der Waals surface area contributed by atoms with E-state index in [1.807, 2.05) is 160 Å². The number of thiol groups is 1. The van der Waals surface area contributed by atoms with Crippen molar-refractivity contribution in [3.8, 4) is 0 Å². The molecule has 6 bridgehead atoms. The number of aromatic nitrogens is 7. The van der Waals surface area contributed by atoms with E-state index in [0.717, 1.165) is 62.6 Å². The van der Waals surface area contributed by atoms with E-state index < -0.39 is 0 Å². The first-order valence-corrected chi connectivity index (χ1v) is 22.8. The number of benzene rings is 2. The van der Waals surface area contributed by atoms with Crippen LogP contribution in [0.4, 0.5) is 5.82 Å². The zero-order valence-corrected chi connectivity index (χ0v) is 41.1. The third-order valence-electron chi connectivity index (χ3n) is 8.49. The molecule has 63 heavy (non-hydrogen) atoms. The maximum Gasteiger partial charge on any atom is 2.00 e. The van der Waals surface area contributed by atoms with Crippen LogP contribution in [0, 0.1) is 0 Å². The van der Waals surface area contributed by atoms with Crippen LogP contribution < -0.4 is 4.98 Å². The average Bonchev–Trinajstić information content (AvgIpc) is 3.85. The van der Waals surface area contributed by atoms with Gasteiger partial charge in [0.05, 0.1) is 17.5 Å². The molecule has 2 aromatic carbocycles. The standard InChI is InChI=1S/C35H22N8.C8H14S.5C2H6.Cu/c36-29-22-13-9-8-12-21(22)20-37-30-23-14-6-3-7-17-24(23)32(39-30)41-34-27-18-10-11-19-28(27)35(43-34)42-33-26-16-5-2-1-4-15-25(26)31(38-29)40-33;1-3-5-7-8(9)6-4-2;5*1-2;/h1-2,5-15,17-20H,3,16H2,(H-2,36,37,38,39,40,41,42,43);5-7,9H,3-4H2,1-2H3;5*1-2H3;/q-2;;;;;;;+2/b5-2-;7-5-,8-6+;;;;;;. The van der Waals surface area contributed by atoms with E-state index in [1.54, 1.807) is 6.20 Å². The van der Waals surface area contributed by atoms with Gasteiger partial charge in [0.2, 0.25) is 0 Å². The first-order chi connectivity index (χ1) is 30.5. The fourth-order valence-corrected chi connectivity index (χ4v) is 6.27. The first kappa shape index (κ1) is 55.4. The Labute approximate surface area is 393 Å². The molecular weight excluding hydrogens is 844 g/mol. The van der Waals surface area contributed by atoms with Gasteiger partial charge in [-0.3, -0.25) is 0 Å². The SMILES string of the molecule is CC.CC.CC.CC.CC.CC/C=C\C(S)=C/CC.[Cu+2].[NH-]c1nc2nc(nc3[n-]c(nc4nc(ncc5ccccc15)C1=C4C=CCC=C1)c1ccccc31)C1=C2C=C=C/C=C\C1. The van der Waals surface area contributed by atoms with Crippen LogP contribution in [0.2, 0.25) is 0 Å². The molecule has 335 valence electrons. The van der Waals surface area contributed by atoms with E-state index in [-0.39, 0.29) is 22.9 Å². The summed E-state index contributed by atoms with van der Waals surface area (Å²) in [6, 6.07) is 15.5. The van der Waals surface area contributed by atoms with Crippen molar-refractivity contribution < 1.29 is 17.1 Å². The smallest absolute Gasteiger partial charge is 0.482 e. The Morgan fingerprint density at radius 1 is 0.683 bits per heavy atom. The van der Waals surface area contributed by atoms with Gasteiger partial charge in [-0.2, -0.15) is 0 Å². The zero-order chi connectivity index (χ0) is 45.9. The van der Waals surface area contributed by atoms with E-state index in [9.17, 15) is 0 Å². The molecule has 8 rings (SSSR count). The topological polar surface area (TPSA) is 115 Å². The van der Waals surface area contributed by atoms with Gasteiger partial charge in [-0.25, -0.2) is 15.0 Å². The second-order valence-corrected chi connectivity index (χ2v) is 12.6. The molecule has 0 unspecified atom stereocenters. The molecule has 0 atom stereocenters. The molecule has 2 aromatic heterocycles. The average molecular weight is 911 g/mol. The molecule has 4 heterocycles. The van der Waals surface area contributed by atoms with Gasteiger partial charge in [-0.05, 0) is 69.9 Å². The molecule has 1 radical (unpaired) electrons. The molecule has 2 aliphatic heterocycles. The summed E-state index contributed by atoms with van der Waals surface area (Å²) in [5.74, 6) is 2.08. The van der Waals surface area contributed by atoms with Crippen LogP contribution in [0.1, 0.15) is 132 Å². The van der Waals surface area contributed by atoms with Crippen LogP contribution in [0.5, 0.6) is 0 Å². The summed E-state index contributed by atoms with van der Waals surface area (Å²) >= 11 is 4.22. The number of hydrogen-bond donors (Lipinski definition) is 1. The number of hydrogen-bond acceptors (Lipinski definition) is 7. The van der Waals surface area contributed by atoms with E-state index in [4.69, 9.17) is 40.6 Å². The van der Waals surface area contributed by atoms with Crippen molar-refractivity contribution in [1.82, 2.24) is 34.9 Å². The van der Waals surface area contributed by atoms with Crippen LogP contribution >= 0.6 is 12.6 Å². The minimum absolute atomic E-state index is 0. The molecule has 4 aliphatic rings. The fraction of sp³-hybridized carbons (Fsp3) is 0.302. The molecular formula is C53H66CuN8S. The third-order valence-corrected chi connectivity index (χ3v) is 8.82. The monoisotopic (exact) mass is 909 g/mol. The van der Waals surface area contributed by atoms with E-state index in [2.05, 4.69) is 56.5 Å². The van der Waals surface area contributed by atoms with Crippen LogP contribution in [0.25, 0.3) is 60.9 Å². The van der Waals surface area contributed by atoms with Crippen molar-refractivity contribution >= 4 is 73.6 Å². The fourth-order valence-electron chi connectivity index (χ4n) is 5.98. The molecule has 0 saturated heterocycles. The molecule has 0 spiro atoms.